The molecule has 2 N–H and O–H groups in total. The molecule has 2 amide bonds. The molecule has 6 aromatic rings. The number of carbonyl (C=O) groups is 2. The quantitative estimate of drug-likeness (QED) is 0.105. The van der Waals surface area contributed by atoms with Crippen LogP contribution in [-0.2, 0) is 49.9 Å². The Hall–Kier alpha value is -8.04. The van der Waals surface area contributed by atoms with Crippen molar-refractivity contribution in [1.82, 2.24) is 52.9 Å². The van der Waals surface area contributed by atoms with Gasteiger partial charge in [-0.15, -0.1) is 0 Å². The highest BCUT2D eigenvalue weighted by Gasteiger charge is 2.22. The van der Waals surface area contributed by atoms with E-state index in [1.807, 2.05) is 0 Å². The van der Waals surface area contributed by atoms with E-state index in [0.29, 0.717) is 60.1 Å². The molecule has 4 aromatic heterocycles. The minimum atomic E-state index is -0.546. The molecule has 5 heterocycles. The van der Waals surface area contributed by atoms with Crippen LogP contribution in [0.5, 0.6) is 23.0 Å². The van der Waals surface area contributed by atoms with Crippen molar-refractivity contribution >= 4 is 34.1 Å². The number of aromatic nitrogens is 8. The lowest BCUT2D eigenvalue weighted by atomic mass is 10.2. The van der Waals surface area contributed by atoms with Gasteiger partial charge in [-0.3, -0.25) is 37.4 Å². The summed E-state index contributed by atoms with van der Waals surface area (Å²) in [5.41, 5.74) is -0.269. The third-order valence-corrected chi connectivity index (χ3v) is 11.6. The number of hydrogen-bond acceptors (Lipinski definition) is 13. The second-order valence-electron chi connectivity index (χ2n) is 15.6. The summed E-state index contributed by atoms with van der Waals surface area (Å²) in [6.45, 7) is 6.40. The summed E-state index contributed by atoms with van der Waals surface area (Å²) >= 11 is 0. The van der Waals surface area contributed by atoms with Crippen LogP contribution in [0.4, 0.5) is 0 Å². The Balaban J connectivity index is 1.09. The molecule has 1 fully saturated rings. The van der Waals surface area contributed by atoms with Gasteiger partial charge in [0.15, 0.2) is 70.2 Å². The number of nitrogens with zero attached hydrogens (tertiary/aromatic N) is 9. The second-order valence-corrected chi connectivity index (χ2v) is 15.6. The highest BCUT2D eigenvalue weighted by atomic mass is 16.5. The van der Waals surface area contributed by atoms with E-state index in [0.717, 1.165) is 22.2 Å². The molecule has 0 unspecified atom stereocenters. The molecule has 68 heavy (non-hydrogen) atoms. The number of rotatable bonds is 15. The van der Waals surface area contributed by atoms with Crippen LogP contribution in [0, 0.1) is 23.7 Å². The first-order valence-electron chi connectivity index (χ1n) is 22.1. The lowest BCUT2D eigenvalue weighted by molar-refractivity contribution is -0.134. The number of imidazole rings is 2. The second kappa shape index (κ2) is 21.1. The maximum Gasteiger partial charge on any atom is 0.332 e. The molecular weight excluding hydrogens is 879 g/mol. The van der Waals surface area contributed by atoms with Gasteiger partial charge < -0.3 is 43.6 Å². The first kappa shape index (κ1) is 47.9. The van der Waals surface area contributed by atoms with Crippen molar-refractivity contribution < 1.29 is 28.5 Å². The van der Waals surface area contributed by atoms with Crippen LogP contribution in [0.25, 0.3) is 22.3 Å². The molecule has 0 spiro atoms. The number of ether oxygens (including phenoxy) is 4. The summed E-state index contributed by atoms with van der Waals surface area (Å²) in [4.78, 5) is 90.4. The lowest BCUT2D eigenvalue weighted by Gasteiger charge is -2.27. The van der Waals surface area contributed by atoms with E-state index in [4.69, 9.17) is 18.9 Å². The van der Waals surface area contributed by atoms with Gasteiger partial charge in [0.2, 0.25) is 0 Å². The topological polar surface area (TPSA) is 222 Å². The third kappa shape index (κ3) is 9.74. The number of hydrogen-bond donors (Lipinski definition) is 2. The number of nitrogens with one attached hydrogen (secondary N) is 2. The first-order chi connectivity index (χ1) is 32.8. The average molecular weight is 932 g/mol. The van der Waals surface area contributed by atoms with E-state index >= 15 is 0 Å². The van der Waals surface area contributed by atoms with Crippen molar-refractivity contribution in [3.8, 4) is 46.7 Å². The van der Waals surface area contributed by atoms with Gasteiger partial charge in [-0.25, -0.2) is 19.6 Å². The molecular formula is C47H53N11O10. The molecule has 2 aromatic carbocycles. The number of amides is 2. The van der Waals surface area contributed by atoms with Gasteiger partial charge in [0, 0.05) is 84.6 Å². The van der Waals surface area contributed by atoms with E-state index in [2.05, 4.69) is 44.3 Å². The summed E-state index contributed by atoms with van der Waals surface area (Å²) < 4.78 is 30.6. The van der Waals surface area contributed by atoms with Gasteiger partial charge in [0.05, 0.1) is 14.2 Å². The zero-order chi connectivity index (χ0) is 48.6. The van der Waals surface area contributed by atoms with E-state index in [1.165, 1.54) is 30.4 Å². The molecule has 21 nitrogen and oxygen atoms in total. The number of piperazine rings is 1. The van der Waals surface area contributed by atoms with Crippen molar-refractivity contribution in [1.29, 1.82) is 0 Å². The minimum Gasteiger partial charge on any atom is -0.493 e. The molecule has 0 bridgehead atoms. The van der Waals surface area contributed by atoms with Crippen LogP contribution in [0.15, 0.2) is 55.6 Å². The smallest absolute Gasteiger partial charge is 0.332 e. The van der Waals surface area contributed by atoms with Crippen molar-refractivity contribution in [2.75, 3.05) is 60.7 Å². The Morgan fingerprint density at radius 3 is 1.66 bits per heavy atom. The number of methoxy groups -OCH3 is 2. The van der Waals surface area contributed by atoms with Crippen LogP contribution >= 0.6 is 0 Å². The van der Waals surface area contributed by atoms with Gasteiger partial charge in [0.25, 0.3) is 22.9 Å². The van der Waals surface area contributed by atoms with E-state index < -0.39 is 22.5 Å². The molecule has 7 rings (SSSR count). The van der Waals surface area contributed by atoms with Crippen molar-refractivity contribution in [2.45, 2.75) is 52.9 Å². The van der Waals surface area contributed by atoms with Gasteiger partial charge in [-0.05, 0) is 74.9 Å². The Labute approximate surface area is 389 Å². The molecule has 1 aliphatic heterocycles. The van der Waals surface area contributed by atoms with Crippen molar-refractivity contribution in [3.05, 3.63) is 101 Å². The zero-order valence-corrected chi connectivity index (χ0v) is 39.1. The predicted molar refractivity (Wildman–Crippen MR) is 252 cm³/mol. The highest BCUT2D eigenvalue weighted by molar-refractivity contribution is 5.78. The highest BCUT2D eigenvalue weighted by Crippen LogP contribution is 2.29. The fourth-order valence-electron chi connectivity index (χ4n) is 7.80. The number of aryl methyl sites for hydroxylation is 4. The fourth-order valence-corrected chi connectivity index (χ4v) is 7.80. The van der Waals surface area contributed by atoms with Crippen LogP contribution in [0.2, 0.25) is 0 Å². The number of benzene rings is 2. The van der Waals surface area contributed by atoms with Gasteiger partial charge in [-0.2, -0.15) is 0 Å². The minimum absolute atomic E-state index is 0.0399. The molecule has 356 valence electrons. The standard InChI is InChI=1S/C47H53N11O10/c1-8-55-42-40(52(4)36(50-42)18-14-31-13-17-33(35(27-31)66-7)68-29-39(60)54-24-20-49-21-25-54)45(62)58(46(55)63)23-11-10-22-57-43-41(44(61)56(9-2)47(57)64)53(5)37(51-43)19-15-30-12-16-32(34(26-30)65-6)67-28-38(59)48-3/h12-13,16-17,26-27,49H,8-11,20-25,28-29H2,1-7H3,(H,48,59). The molecule has 0 aliphatic carbocycles. The number of carbonyl (C=O) groups excluding carboxylic acids is 2. The van der Waals surface area contributed by atoms with Gasteiger partial charge >= 0.3 is 11.4 Å². The van der Waals surface area contributed by atoms with E-state index in [1.54, 1.807) is 78.4 Å². The van der Waals surface area contributed by atoms with Crippen LogP contribution in [0.1, 0.15) is 49.5 Å². The summed E-state index contributed by atoms with van der Waals surface area (Å²) in [5.74, 6) is 13.7. The largest absolute Gasteiger partial charge is 0.493 e. The number of unbranched alkanes of at least 4 members (excludes halogenated alkanes) is 1. The maximum atomic E-state index is 14.0. The average Bonchev–Trinajstić information content (AvgIpc) is 3.87. The SMILES string of the molecule is CCn1c(=O)c2c(nc(C#Cc3ccc(OCC(=O)NC)c(OC)c3)n2C)n(CCCCn2c(=O)c3c(nc(C#Cc4ccc(OCC(=O)N5CCNCC5)c(OC)c4)n3C)n(CC)c2=O)c1=O. The molecule has 0 atom stereocenters. The Bertz CT molecular complexity index is 3290. The monoisotopic (exact) mass is 931 g/mol. The van der Waals surface area contributed by atoms with Gasteiger partial charge in [0.1, 0.15) is 0 Å². The fraction of sp³-hybridized carbons (Fsp3) is 0.404. The van der Waals surface area contributed by atoms with Crippen LogP contribution in [0.3, 0.4) is 0 Å². The van der Waals surface area contributed by atoms with E-state index in [9.17, 15) is 28.8 Å². The predicted octanol–water partition coefficient (Wildman–Crippen LogP) is 0.379. The Morgan fingerprint density at radius 1 is 0.662 bits per heavy atom. The molecule has 1 saturated heterocycles. The Kier molecular flexibility index (Phi) is 14.8. The molecule has 21 heteroatoms. The van der Waals surface area contributed by atoms with E-state index in [-0.39, 0.29) is 85.2 Å². The Morgan fingerprint density at radius 2 is 1.15 bits per heavy atom. The van der Waals surface area contributed by atoms with Crippen molar-refractivity contribution in [3.63, 3.8) is 0 Å². The van der Waals surface area contributed by atoms with Crippen LogP contribution in [-0.4, -0.2) is 115 Å². The first-order valence-corrected chi connectivity index (χ1v) is 22.1. The van der Waals surface area contributed by atoms with Crippen LogP contribution < -0.4 is 52.1 Å². The molecule has 1 aliphatic rings. The number of likely N-dealkylation sites (N-methyl/N-ethyl adjacent to an activating group) is 1. The molecule has 0 radical (unpaired) electrons. The molecule has 0 saturated carbocycles. The normalized spacial score (nSPS) is 12.3. The van der Waals surface area contributed by atoms with Gasteiger partial charge in [-0.1, -0.05) is 11.8 Å². The number of fused-ring (bicyclic) bond motifs is 2. The summed E-state index contributed by atoms with van der Waals surface area (Å²) in [6.07, 6.45) is 0.671. The lowest BCUT2D eigenvalue weighted by Crippen LogP contribution is -2.47. The summed E-state index contributed by atoms with van der Waals surface area (Å²) in [7, 11) is 7.78. The third-order valence-electron chi connectivity index (χ3n) is 11.6. The zero-order valence-electron chi connectivity index (χ0n) is 39.1. The summed E-state index contributed by atoms with van der Waals surface area (Å²) in [6, 6.07) is 10.0. The maximum absolute atomic E-state index is 14.0. The van der Waals surface area contributed by atoms with Crippen molar-refractivity contribution in [2.24, 2.45) is 14.1 Å². The summed E-state index contributed by atoms with van der Waals surface area (Å²) in [5, 5.41) is 5.71.